The molecule has 24 heavy (non-hydrogen) atoms. The largest absolute Gasteiger partial charge is 0.375 e. The molecule has 1 saturated heterocycles. The van der Waals surface area contributed by atoms with Crippen LogP contribution in [0.15, 0.2) is 11.4 Å². The number of hydrogen-bond donors (Lipinski definition) is 1. The van der Waals surface area contributed by atoms with Crippen LogP contribution in [0.4, 0.5) is 10.9 Å². The van der Waals surface area contributed by atoms with E-state index in [-0.39, 0.29) is 18.6 Å². The van der Waals surface area contributed by atoms with E-state index in [2.05, 4.69) is 20.3 Å². The number of amides is 1. The summed E-state index contributed by atoms with van der Waals surface area (Å²) < 4.78 is 4.98. The summed E-state index contributed by atoms with van der Waals surface area (Å²) >= 11 is 1.54. The van der Waals surface area contributed by atoms with Crippen LogP contribution in [0.3, 0.4) is 0 Å². The van der Waals surface area contributed by atoms with Gasteiger partial charge in [0.05, 0.1) is 11.7 Å². The van der Waals surface area contributed by atoms with E-state index >= 15 is 0 Å². The lowest BCUT2D eigenvalue weighted by atomic mass is 10.2. The summed E-state index contributed by atoms with van der Waals surface area (Å²) in [7, 11) is 1.53. The molecule has 0 aromatic carbocycles. The van der Waals surface area contributed by atoms with E-state index in [0.29, 0.717) is 11.6 Å². The lowest BCUT2D eigenvalue weighted by Gasteiger charge is -2.23. The zero-order valence-corrected chi connectivity index (χ0v) is 14.9. The molecule has 1 N–H and O–H groups in total. The van der Waals surface area contributed by atoms with Gasteiger partial charge in [0.25, 0.3) is 0 Å². The molecule has 0 spiro atoms. The first kappa shape index (κ1) is 16.8. The lowest BCUT2D eigenvalue weighted by molar-refractivity contribution is -0.136. The minimum Gasteiger partial charge on any atom is -0.375 e. The smallest absolute Gasteiger partial charge is 0.249 e. The summed E-state index contributed by atoms with van der Waals surface area (Å²) in [6.45, 7) is 4.69. The molecule has 1 amide bonds. The van der Waals surface area contributed by atoms with Crippen LogP contribution in [0.25, 0.3) is 0 Å². The van der Waals surface area contributed by atoms with Crippen molar-refractivity contribution in [2.24, 2.45) is 0 Å². The SMILES string of the molecule is COCC(=O)N1CCCC1c1nc(C)cc(Nc2nc(C)cs2)n1. The van der Waals surface area contributed by atoms with Crippen LogP contribution in [0, 0.1) is 13.8 Å². The molecule has 0 bridgehead atoms. The van der Waals surface area contributed by atoms with Crippen LogP contribution in [-0.4, -0.2) is 46.0 Å². The van der Waals surface area contributed by atoms with E-state index in [1.54, 1.807) is 0 Å². The van der Waals surface area contributed by atoms with E-state index in [1.165, 1.54) is 18.4 Å². The first-order valence-corrected chi connectivity index (χ1v) is 8.78. The number of aromatic nitrogens is 3. The van der Waals surface area contributed by atoms with Gasteiger partial charge in [0.1, 0.15) is 12.4 Å². The van der Waals surface area contributed by atoms with Gasteiger partial charge in [-0.25, -0.2) is 15.0 Å². The lowest BCUT2D eigenvalue weighted by Crippen LogP contribution is -2.34. The third kappa shape index (κ3) is 3.70. The van der Waals surface area contributed by atoms with Crippen molar-refractivity contribution >= 4 is 28.2 Å². The molecule has 2 aromatic rings. The maximum absolute atomic E-state index is 12.2. The number of likely N-dealkylation sites (tertiary alicyclic amines) is 1. The van der Waals surface area contributed by atoms with Gasteiger partial charge < -0.3 is 15.0 Å². The number of ether oxygens (including phenoxy) is 1. The number of carbonyl (C=O) groups excluding carboxylic acids is 1. The monoisotopic (exact) mass is 347 g/mol. The van der Waals surface area contributed by atoms with Gasteiger partial charge in [-0.2, -0.15) is 0 Å². The zero-order valence-electron chi connectivity index (χ0n) is 14.1. The van der Waals surface area contributed by atoms with E-state index < -0.39 is 0 Å². The summed E-state index contributed by atoms with van der Waals surface area (Å²) in [5.41, 5.74) is 1.84. The molecule has 8 heteroatoms. The summed E-state index contributed by atoms with van der Waals surface area (Å²) in [5, 5.41) is 6.01. The Kier molecular flexibility index (Phi) is 5.06. The Bertz CT molecular complexity index is 733. The average Bonchev–Trinajstić information content (AvgIpc) is 3.16. The van der Waals surface area contributed by atoms with Gasteiger partial charge in [0.2, 0.25) is 5.91 Å². The molecule has 0 radical (unpaired) electrons. The van der Waals surface area contributed by atoms with Crippen LogP contribution in [-0.2, 0) is 9.53 Å². The third-order valence-electron chi connectivity index (χ3n) is 3.86. The number of methoxy groups -OCH3 is 1. The van der Waals surface area contributed by atoms with E-state index in [4.69, 9.17) is 4.74 Å². The van der Waals surface area contributed by atoms with Crippen LogP contribution in [0.5, 0.6) is 0 Å². The first-order chi connectivity index (χ1) is 11.6. The number of rotatable bonds is 5. The highest BCUT2D eigenvalue weighted by atomic mass is 32.1. The summed E-state index contributed by atoms with van der Waals surface area (Å²) in [4.78, 5) is 27.6. The van der Waals surface area contributed by atoms with Crippen molar-refractivity contribution in [3.8, 4) is 0 Å². The molecule has 1 atom stereocenters. The molecule has 1 fully saturated rings. The van der Waals surface area contributed by atoms with Crippen LogP contribution >= 0.6 is 11.3 Å². The van der Waals surface area contributed by atoms with Crippen molar-refractivity contribution in [2.45, 2.75) is 32.7 Å². The van der Waals surface area contributed by atoms with Crippen molar-refractivity contribution in [3.05, 3.63) is 28.7 Å². The maximum atomic E-state index is 12.2. The number of nitrogens with one attached hydrogen (secondary N) is 1. The summed E-state index contributed by atoms with van der Waals surface area (Å²) in [6.07, 6.45) is 1.82. The van der Waals surface area contributed by atoms with E-state index in [9.17, 15) is 4.79 Å². The number of hydrogen-bond acceptors (Lipinski definition) is 7. The van der Waals surface area contributed by atoms with E-state index in [1.807, 2.05) is 30.2 Å². The molecule has 2 aromatic heterocycles. The van der Waals surface area contributed by atoms with Gasteiger partial charge in [-0.05, 0) is 26.7 Å². The van der Waals surface area contributed by atoms with Crippen molar-refractivity contribution in [1.29, 1.82) is 0 Å². The van der Waals surface area contributed by atoms with Gasteiger partial charge >= 0.3 is 0 Å². The van der Waals surface area contributed by atoms with Crippen LogP contribution < -0.4 is 5.32 Å². The van der Waals surface area contributed by atoms with Gasteiger partial charge in [-0.15, -0.1) is 11.3 Å². The molecule has 0 saturated carbocycles. The Hall–Kier alpha value is -2.06. The summed E-state index contributed by atoms with van der Waals surface area (Å²) in [6, 6.07) is 1.79. The topological polar surface area (TPSA) is 80.2 Å². The fourth-order valence-corrected chi connectivity index (χ4v) is 3.56. The highest BCUT2D eigenvalue weighted by Crippen LogP contribution is 2.31. The fraction of sp³-hybridized carbons (Fsp3) is 0.500. The molecular weight excluding hydrogens is 326 g/mol. The number of anilines is 2. The molecule has 1 unspecified atom stereocenters. The highest BCUT2D eigenvalue weighted by molar-refractivity contribution is 7.13. The highest BCUT2D eigenvalue weighted by Gasteiger charge is 2.32. The number of thiazole rings is 1. The molecule has 1 aliphatic heterocycles. The Morgan fingerprint density at radius 1 is 1.38 bits per heavy atom. The number of carbonyl (C=O) groups is 1. The molecule has 3 heterocycles. The Balaban J connectivity index is 1.83. The third-order valence-corrected chi connectivity index (χ3v) is 4.74. The van der Waals surface area contributed by atoms with Gasteiger partial charge in [-0.1, -0.05) is 0 Å². The second-order valence-electron chi connectivity index (χ2n) is 5.85. The van der Waals surface area contributed by atoms with Crippen molar-refractivity contribution in [2.75, 3.05) is 25.6 Å². The van der Waals surface area contributed by atoms with Gasteiger partial charge in [-0.3, -0.25) is 4.79 Å². The second kappa shape index (κ2) is 7.23. The first-order valence-electron chi connectivity index (χ1n) is 7.90. The average molecular weight is 347 g/mol. The van der Waals surface area contributed by atoms with Crippen molar-refractivity contribution in [3.63, 3.8) is 0 Å². The van der Waals surface area contributed by atoms with E-state index in [0.717, 1.165) is 35.9 Å². The molecule has 128 valence electrons. The zero-order chi connectivity index (χ0) is 17.1. The summed E-state index contributed by atoms with van der Waals surface area (Å²) in [5.74, 6) is 1.36. The minimum atomic E-state index is -0.0915. The fourth-order valence-electron chi connectivity index (χ4n) is 2.87. The standard InChI is InChI=1S/C16H21N5O2S/c1-10-7-13(20-16-18-11(2)9-24-16)19-15(17-10)12-5-4-6-21(12)14(22)8-23-3/h7,9,12H,4-6,8H2,1-3H3,(H,17,18,19,20). The Morgan fingerprint density at radius 2 is 2.21 bits per heavy atom. The molecule has 7 nitrogen and oxygen atoms in total. The maximum Gasteiger partial charge on any atom is 0.249 e. The van der Waals surface area contributed by atoms with Crippen LogP contribution in [0.1, 0.15) is 36.1 Å². The Labute approximate surface area is 145 Å². The quantitative estimate of drug-likeness (QED) is 0.895. The normalized spacial score (nSPS) is 17.3. The van der Waals surface area contributed by atoms with Gasteiger partial charge in [0, 0.05) is 30.8 Å². The Morgan fingerprint density at radius 3 is 2.92 bits per heavy atom. The molecule has 3 rings (SSSR count). The van der Waals surface area contributed by atoms with Crippen LogP contribution in [0.2, 0.25) is 0 Å². The number of nitrogens with zero attached hydrogens (tertiary/aromatic N) is 4. The molecule has 1 aliphatic rings. The second-order valence-corrected chi connectivity index (χ2v) is 6.71. The molecule has 0 aliphatic carbocycles. The predicted octanol–water partition coefficient (Wildman–Crippen LogP) is 2.60. The van der Waals surface area contributed by atoms with Crippen molar-refractivity contribution in [1.82, 2.24) is 19.9 Å². The number of aryl methyl sites for hydroxylation is 2. The predicted molar refractivity (Wildman–Crippen MR) is 92.5 cm³/mol. The minimum absolute atomic E-state index is 0.0184. The van der Waals surface area contributed by atoms with Crippen molar-refractivity contribution < 1.29 is 9.53 Å². The van der Waals surface area contributed by atoms with Gasteiger partial charge in [0.15, 0.2) is 11.0 Å². The molecular formula is C16H21N5O2S.